The summed E-state index contributed by atoms with van der Waals surface area (Å²) in [4.78, 5) is 43.9. The van der Waals surface area contributed by atoms with E-state index >= 15 is 0 Å². The van der Waals surface area contributed by atoms with Gasteiger partial charge in [-0.25, -0.2) is 4.79 Å². The van der Waals surface area contributed by atoms with Crippen molar-refractivity contribution in [3.63, 3.8) is 0 Å². The van der Waals surface area contributed by atoms with Crippen LogP contribution < -0.4 is 10.6 Å². The highest BCUT2D eigenvalue weighted by Gasteiger charge is 2.37. The molecule has 0 bridgehead atoms. The SMILES string of the molecule is CCCCCCCCN(C(=O)C(Cc1ccccc1)NC(=O)OC(C)(C)C)C(C(=O)NCc1ccccc1)c1c(C)cccc1C. The van der Waals surface area contributed by atoms with E-state index in [4.69, 9.17) is 4.74 Å². The minimum Gasteiger partial charge on any atom is -0.444 e. The van der Waals surface area contributed by atoms with E-state index in [0.29, 0.717) is 13.1 Å². The summed E-state index contributed by atoms with van der Waals surface area (Å²) in [6.07, 6.45) is 5.81. The van der Waals surface area contributed by atoms with E-state index in [9.17, 15) is 14.4 Å². The van der Waals surface area contributed by atoms with Crippen molar-refractivity contribution in [2.45, 2.75) is 111 Å². The van der Waals surface area contributed by atoms with Crippen molar-refractivity contribution >= 4 is 17.9 Å². The van der Waals surface area contributed by atoms with Gasteiger partial charge in [-0.2, -0.15) is 0 Å². The number of ether oxygens (including phenoxy) is 1. The molecule has 0 aliphatic rings. The number of amides is 3. The average molecular weight is 628 g/mol. The van der Waals surface area contributed by atoms with E-state index in [1.807, 2.05) is 92.7 Å². The molecule has 0 aliphatic heterocycles. The molecule has 0 fully saturated rings. The Hall–Kier alpha value is -4.13. The molecule has 0 heterocycles. The third kappa shape index (κ3) is 11.7. The Morgan fingerprint density at radius 2 is 1.33 bits per heavy atom. The molecule has 248 valence electrons. The molecule has 46 heavy (non-hydrogen) atoms. The lowest BCUT2D eigenvalue weighted by Gasteiger charge is -2.36. The highest BCUT2D eigenvalue weighted by molar-refractivity contribution is 5.92. The van der Waals surface area contributed by atoms with Gasteiger partial charge in [0.15, 0.2) is 0 Å². The molecule has 2 N–H and O–H groups in total. The van der Waals surface area contributed by atoms with Crippen molar-refractivity contribution in [2.24, 2.45) is 0 Å². The zero-order valence-corrected chi connectivity index (χ0v) is 28.6. The van der Waals surface area contributed by atoms with E-state index in [0.717, 1.165) is 59.9 Å². The molecular weight excluding hydrogens is 574 g/mol. The van der Waals surface area contributed by atoms with E-state index in [-0.39, 0.29) is 18.2 Å². The van der Waals surface area contributed by atoms with Gasteiger partial charge in [-0.15, -0.1) is 0 Å². The number of nitrogens with one attached hydrogen (secondary N) is 2. The van der Waals surface area contributed by atoms with Crippen LogP contribution in [0.15, 0.2) is 78.9 Å². The van der Waals surface area contributed by atoms with Crippen molar-refractivity contribution in [2.75, 3.05) is 6.54 Å². The number of hydrogen-bond acceptors (Lipinski definition) is 4. The van der Waals surface area contributed by atoms with Gasteiger partial charge in [0.05, 0.1) is 0 Å². The van der Waals surface area contributed by atoms with Gasteiger partial charge in [0.2, 0.25) is 11.8 Å². The van der Waals surface area contributed by atoms with Gasteiger partial charge < -0.3 is 20.3 Å². The van der Waals surface area contributed by atoms with Crippen LogP contribution in [0.1, 0.15) is 100 Å². The minimum atomic E-state index is -0.939. The lowest BCUT2D eigenvalue weighted by atomic mass is 9.92. The number of nitrogens with zero attached hydrogens (tertiary/aromatic N) is 1. The molecule has 0 spiro atoms. The van der Waals surface area contributed by atoms with Gasteiger partial charge in [0.25, 0.3) is 0 Å². The van der Waals surface area contributed by atoms with Gasteiger partial charge in [0.1, 0.15) is 17.7 Å². The second kappa shape index (κ2) is 18.1. The number of rotatable bonds is 16. The normalized spacial score (nSPS) is 12.6. The first-order chi connectivity index (χ1) is 22.0. The largest absolute Gasteiger partial charge is 0.444 e. The molecule has 0 aliphatic carbocycles. The molecular formula is C39H53N3O4. The first kappa shape index (κ1) is 36.3. The van der Waals surface area contributed by atoms with Crippen molar-refractivity contribution in [1.29, 1.82) is 0 Å². The molecule has 0 radical (unpaired) electrons. The summed E-state index contributed by atoms with van der Waals surface area (Å²) >= 11 is 0. The fourth-order valence-corrected chi connectivity index (χ4v) is 5.70. The van der Waals surface area contributed by atoms with Gasteiger partial charge >= 0.3 is 6.09 Å². The summed E-state index contributed by atoms with van der Waals surface area (Å²) in [7, 11) is 0. The number of alkyl carbamates (subject to hydrolysis) is 1. The molecule has 3 aromatic carbocycles. The topological polar surface area (TPSA) is 87.7 Å². The Morgan fingerprint density at radius 1 is 0.761 bits per heavy atom. The Labute approximate surface area is 276 Å². The highest BCUT2D eigenvalue weighted by atomic mass is 16.6. The van der Waals surface area contributed by atoms with Gasteiger partial charge in [-0.1, -0.05) is 118 Å². The fourth-order valence-electron chi connectivity index (χ4n) is 5.70. The summed E-state index contributed by atoms with van der Waals surface area (Å²) < 4.78 is 5.59. The highest BCUT2D eigenvalue weighted by Crippen LogP contribution is 2.30. The second-order valence-electron chi connectivity index (χ2n) is 13.1. The van der Waals surface area contributed by atoms with E-state index in [1.165, 1.54) is 6.42 Å². The number of hydrogen-bond donors (Lipinski definition) is 2. The number of aryl methyl sites for hydroxylation is 2. The fraction of sp³-hybridized carbons (Fsp3) is 0.462. The first-order valence-corrected chi connectivity index (χ1v) is 16.7. The van der Waals surface area contributed by atoms with Gasteiger partial charge in [0, 0.05) is 19.5 Å². The molecule has 3 aromatic rings. The Kier molecular flexibility index (Phi) is 14.3. The first-order valence-electron chi connectivity index (χ1n) is 16.7. The van der Waals surface area contributed by atoms with Crippen LogP contribution in [-0.4, -0.2) is 41.0 Å². The lowest BCUT2D eigenvalue weighted by Crippen LogP contribution is -2.54. The quantitative estimate of drug-likeness (QED) is 0.158. The summed E-state index contributed by atoms with van der Waals surface area (Å²) in [5.74, 6) is -0.568. The summed E-state index contributed by atoms with van der Waals surface area (Å²) in [6, 6.07) is 23.5. The van der Waals surface area contributed by atoms with Crippen LogP contribution in [0.3, 0.4) is 0 Å². The Balaban J connectivity index is 2.05. The van der Waals surface area contributed by atoms with Crippen molar-refractivity contribution in [3.05, 3.63) is 107 Å². The zero-order chi connectivity index (χ0) is 33.5. The summed E-state index contributed by atoms with van der Waals surface area (Å²) in [5, 5.41) is 5.99. The van der Waals surface area contributed by atoms with Crippen LogP contribution in [-0.2, 0) is 27.3 Å². The molecule has 3 amide bonds. The minimum absolute atomic E-state index is 0.253. The summed E-state index contributed by atoms with van der Waals surface area (Å²) in [6.45, 7) is 12.2. The molecule has 0 saturated carbocycles. The Bertz CT molecular complexity index is 1370. The van der Waals surface area contributed by atoms with Crippen LogP contribution in [0.25, 0.3) is 0 Å². The van der Waals surface area contributed by atoms with Crippen LogP contribution in [0.4, 0.5) is 4.79 Å². The van der Waals surface area contributed by atoms with Crippen molar-refractivity contribution in [3.8, 4) is 0 Å². The monoisotopic (exact) mass is 627 g/mol. The average Bonchev–Trinajstić information content (AvgIpc) is 3.01. The standard InChI is InChI=1S/C39H53N3O4/c1-7-8-9-10-11-18-26-42(37(44)33(27-31-22-14-12-15-23-31)41-38(45)46-39(4,5)6)35(34-29(2)20-19-21-30(34)3)36(43)40-28-32-24-16-13-17-25-32/h12-17,19-25,33,35H,7-11,18,26-28H2,1-6H3,(H,40,43)(H,41,45). The van der Waals surface area contributed by atoms with Crippen LogP contribution >= 0.6 is 0 Å². The van der Waals surface area contributed by atoms with Crippen LogP contribution in [0.2, 0.25) is 0 Å². The van der Waals surface area contributed by atoms with Gasteiger partial charge in [-0.3, -0.25) is 9.59 Å². The van der Waals surface area contributed by atoms with Crippen LogP contribution in [0, 0.1) is 13.8 Å². The van der Waals surface area contributed by atoms with E-state index < -0.39 is 23.8 Å². The van der Waals surface area contributed by atoms with Crippen molar-refractivity contribution in [1.82, 2.24) is 15.5 Å². The molecule has 2 unspecified atom stereocenters. The number of benzene rings is 3. The molecule has 0 saturated heterocycles. The maximum atomic E-state index is 14.8. The predicted octanol–water partition coefficient (Wildman–Crippen LogP) is 7.99. The maximum absolute atomic E-state index is 14.8. The third-order valence-corrected chi connectivity index (χ3v) is 7.99. The van der Waals surface area contributed by atoms with E-state index in [1.54, 1.807) is 25.7 Å². The van der Waals surface area contributed by atoms with Crippen LogP contribution in [0.5, 0.6) is 0 Å². The summed E-state index contributed by atoms with van der Waals surface area (Å²) in [5.41, 5.74) is 3.80. The van der Waals surface area contributed by atoms with Crippen molar-refractivity contribution < 1.29 is 19.1 Å². The maximum Gasteiger partial charge on any atom is 0.408 e. The number of carbonyl (C=O) groups is 3. The zero-order valence-electron chi connectivity index (χ0n) is 28.6. The molecule has 2 atom stereocenters. The smallest absolute Gasteiger partial charge is 0.408 e. The second-order valence-corrected chi connectivity index (χ2v) is 13.1. The molecule has 7 nitrogen and oxygen atoms in total. The third-order valence-electron chi connectivity index (χ3n) is 7.99. The number of unbranched alkanes of at least 4 members (excludes halogenated alkanes) is 5. The van der Waals surface area contributed by atoms with E-state index in [2.05, 4.69) is 17.6 Å². The molecule has 7 heteroatoms. The predicted molar refractivity (Wildman–Crippen MR) is 185 cm³/mol. The molecule has 3 rings (SSSR count). The lowest BCUT2D eigenvalue weighted by molar-refractivity contribution is -0.142. The molecule has 0 aromatic heterocycles. The van der Waals surface area contributed by atoms with Gasteiger partial charge in [-0.05, 0) is 68.9 Å². The number of carbonyl (C=O) groups excluding carboxylic acids is 3. The Morgan fingerprint density at radius 3 is 1.91 bits per heavy atom.